The number of carbonyl (C=O) groups is 1. The summed E-state index contributed by atoms with van der Waals surface area (Å²) < 4.78 is 0. The first-order chi connectivity index (χ1) is 14.3. The van der Waals surface area contributed by atoms with Crippen molar-refractivity contribution in [1.82, 2.24) is 19.7 Å². The van der Waals surface area contributed by atoms with Crippen molar-refractivity contribution >= 4 is 5.91 Å². The van der Waals surface area contributed by atoms with Crippen molar-refractivity contribution in [2.24, 2.45) is 0 Å². The Morgan fingerprint density at radius 1 is 0.897 bits per heavy atom. The van der Waals surface area contributed by atoms with Crippen LogP contribution in [0.25, 0.3) is 0 Å². The lowest BCUT2D eigenvalue weighted by molar-refractivity contribution is -0.130. The number of hydrogen-bond acceptors (Lipinski definition) is 4. The van der Waals surface area contributed by atoms with Crippen LogP contribution in [0, 0.1) is 0 Å². The molecule has 0 bridgehead atoms. The molecule has 0 aliphatic carbocycles. The summed E-state index contributed by atoms with van der Waals surface area (Å²) in [6.45, 7) is 7.23. The van der Waals surface area contributed by atoms with Gasteiger partial charge in [-0.05, 0) is 49.5 Å². The van der Waals surface area contributed by atoms with Crippen LogP contribution in [0.4, 0.5) is 0 Å². The normalized spacial score (nSPS) is 19.8. The van der Waals surface area contributed by atoms with Crippen LogP contribution in [0.2, 0.25) is 0 Å². The first kappa shape index (κ1) is 20.0. The predicted octanol–water partition coefficient (Wildman–Crippen LogP) is 2.82. The van der Waals surface area contributed by atoms with E-state index in [2.05, 4.69) is 50.0 Å². The maximum atomic E-state index is 12.7. The Morgan fingerprint density at radius 2 is 1.69 bits per heavy atom. The average Bonchev–Trinajstić information content (AvgIpc) is 3.02. The second-order valence-corrected chi connectivity index (χ2v) is 8.30. The molecule has 1 aromatic heterocycles. The van der Waals surface area contributed by atoms with E-state index in [1.165, 1.54) is 31.5 Å². The van der Waals surface area contributed by atoms with Crippen LogP contribution >= 0.6 is 0 Å². The Labute approximate surface area is 174 Å². The van der Waals surface area contributed by atoms with Crippen molar-refractivity contribution in [1.29, 1.82) is 0 Å². The molecule has 0 saturated carbocycles. The molecule has 3 heterocycles. The van der Waals surface area contributed by atoms with E-state index < -0.39 is 0 Å². The van der Waals surface area contributed by atoms with E-state index in [0.717, 1.165) is 44.7 Å². The van der Waals surface area contributed by atoms with Crippen molar-refractivity contribution in [3.05, 3.63) is 66.0 Å². The fourth-order valence-corrected chi connectivity index (χ4v) is 4.63. The SMILES string of the molecule is O=C(Cc1cccnc1)N1CCCN(C2CCN(Cc3ccccc3)CC2)CC1. The lowest BCUT2D eigenvalue weighted by Gasteiger charge is -2.38. The Morgan fingerprint density at radius 3 is 2.45 bits per heavy atom. The predicted molar refractivity (Wildman–Crippen MR) is 115 cm³/mol. The standard InChI is InChI=1S/C24H32N4O/c29-24(18-22-8-4-11-25-19-22)28-13-5-12-27(16-17-28)23-9-14-26(15-10-23)20-21-6-2-1-3-7-21/h1-4,6-8,11,19,23H,5,9-10,12-18,20H2. The molecule has 0 atom stereocenters. The van der Waals surface area contributed by atoms with Crippen molar-refractivity contribution < 1.29 is 4.79 Å². The number of piperidine rings is 1. The van der Waals surface area contributed by atoms with Gasteiger partial charge >= 0.3 is 0 Å². The topological polar surface area (TPSA) is 39.7 Å². The number of benzene rings is 1. The highest BCUT2D eigenvalue weighted by atomic mass is 16.2. The fourth-order valence-electron chi connectivity index (χ4n) is 4.63. The van der Waals surface area contributed by atoms with Gasteiger partial charge in [0.2, 0.25) is 5.91 Å². The largest absolute Gasteiger partial charge is 0.341 e. The molecule has 0 unspecified atom stereocenters. The molecule has 1 aromatic carbocycles. The molecule has 2 fully saturated rings. The van der Waals surface area contributed by atoms with Crippen LogP contribution in [-0.2, 0) is 17.8 Å². The van der Waals surface area contributed by atoms with Crippen molar-refractivity contribution in [2.45, 2.75) is 38.3 Å². The zero-order valence-corrected chi connectivity index (χ0v) is 17.2. The molecule has 154 valence electrons. The van der Waals surface area contributed by atoms with E-state index in [1.807, 2.05) is 12.1 Å². The number of hydrogen-bond donors (Lipinski definition) is 0. The summed E-state index contributed by atoms with van der Waals surface area (Å²) in [6, 6.07) is 15.3. The number of rotatable bonds is 5. The fraction of sp³-hybridized carbons (Fsp3) is 0.500. The summed E-state index contributed by atoms with van der Waals surface area (Å²) in [7, 11) is 0. The molecule has 0 spiro atoms. The van der Waals surface area contributed by atoms with Crippen molar-refractivity contribution in [3.63, 3.8) is 0 Å². The monoisotopic (exact) mass is 392 g/mol. The van der Waals surface area contributed by atoms with Gasteiger partial charge in [-0.3, -0.25) is 19.6 Å². The van der Waals surface area contributed by atoms with Crippen molar-refractivity contribution in [3.8, 4) is 0 Å². The van der Waals surface area contributed by atoms with Gasteiger partial charge in [0.15, 0.2) is 0 Å². The zero-order chi connectivity index (χ0) is 19.9. The van der Waals surface area contributed by atoms with Gasteiger partial charge < -0.3 is 4.90 Å². The minimum absolute atomic E-state index is 0.234. The summed E-state index contributed by atoms with van der Waals surface area (Å²) in [6.07, 6.45) is 7.55. The van der Waals surface area contributed by atoms with Gasteiger partial charge in [-0.15, -0.1) is 0 Å². The third-order valence-corrected chi connectivity index (χ3v) is 6.28. The smallest absolute Gasteiger partial charge is 0.227 e. The molecule has 2 aromatic rings. The Kier molecular flexibility index (Phi) is 6.91. The summed E-state index contributed by atoms with van der Waals surface area (Å²) >= 11 is 0. The maximum absolute atomic E-state index is 12.7. The van der Waals surface area contributed by atoms with Crippen LogP contribution in [0.1, 0.15) is 30.4 Å². The highest BCUT2D eigenvalue weighted by Crippen LogP contribution is 2.20. The van der Waals surface area contributed by atoms with E-state index in [1.54, 1.807) is 12.4 Å². The van der Waals surface area contributed by atoms with Crippen LogP contribution in [0.5, 0.6) is 0 Å². The number of amides is 1. The highest BCUT2D eigenvalue weighted by molar-refractivity contribution is 5.78. The molecule has 2 aliphatic rings. The number of carbonyl (C=O) groups excluding carboxylic acids is 1. The Bertz CT molecular complexity index is 759. The number of pyridine rings is 1. The first-order valence-corrected chi connectivity index (χ1v) is 10.9. The molecule has 5 heteroatoms. The lowest BCUT2D eigenvalue weighted by Crippen LogP contribution is -2.46. The second kappa shape index (κ2) is 9.99. The first-order valence-electron chi connectivity index (χ1n) is 10.9. The van der Waals surface area contributed by atoms with Crippen LogP contribution in [-0.4, -0.2) is 70.9 Å². The lowest BCUT2D eigenvalue weighted by atomic mass is 10.0. The Balaban J connectivity index is 1.23. The van der Waals surface area contributed by atoms with E-state index >= 15 is 0 Å². The van der Waals surface area contributed by atoms with Gasteiger partial charge in [-0.2, -0.15) is 0 Å². The molecule has 4 rings (SSSR count). The molecular weight excluding hydrogens is 360 g/mol. The Hall–Kier alpha value is -2.24. The quantitative estimate of drug-likeness (QED) is 0.785. The van der Waals surface area contributed by atoms with Crippen molar-refractivity contribution in [2.75, 3.05) is 39.3 Å². The summed E-state index contributed by atoms with van der Waals surface area (Å²) in [5.41, 5.74) is 2.41. The molecule has 29 heavy (non-hydrogen) atoms. The minimum atomic E-state index is 0.234. The molecule has 1 amide bonds. The van der Waals surface area contributed by atoms with Gasteiger partial charge in [0.05, 0.1) is 6.42 Å². The highest BCUT2D eigenvalue weighted by Gasteiger charge is 2.27. The maximum Gasteiger partial charge on any atom is 0.227 e. The third-order valence-electron chi connectivity index (χ3n) is 6.28. The molecule has 0 radical (unpaired) electrons. The number of likely N-dealkylation sites (tertiary alicyclic amines) is 1. The van der Waals surface area contributed by atoms with Gasteiger partial charge in [-0.25, -0.2) is 0 Å². The molecule has 2 aliphatic heterocycles. The van der Waals surface area contributed by atoms with Gasteiger partial charge in [-0.1, -0.05) is 36.4 Å². The van der Waals surface area contributed by atoms with Crippen LogP contribution in [0.3, 0.4) is 0 Å². The van der Waals surface area contributed by atoms with E-state index in [0.29, 0.717) is 12.5 Å². The second-order valence-electron chi connectivity index (χ2n) is 8.30. The van der Waals surface area contributed by atoms with Crippen LogP contribution in [0.15, 0.2) is 54.9 Å². The summed E-state index contributed by atoms with van der Waals surface area (Å²) in [5.74, 6) is 0.234. The zero-order valence-electron chi connectivity index (χ0n) is 17.2. The average molecular weight is 393 g/mol. The number of nitrogens with zero attached hydrogens (tertiary/aromatic N) is 4. The van der Waals surface area contributed by atoms with E-state index in [4.69, 9.17) is 0 Å². The summed E-state index contributed by atoms with van der Waals surface area (Å²) in [5, 5.41) is 0. The minimum Gasteiger partial charge on any atom is -0.341 e. The van der Waals surface area contributed by atoms with E-state index in [9.17, 15) is 4.79 Å². The third kappa shape index (κ3) is 5.64. The van der Waals surface area contributed by atoms with Gasteiger partial charge in [0, 0.05) is 51.2 Å². The molecule has 2 saturated heterocycles. The van der Waals surface area contributed by atoms with Crippen LogP contribution < -0.4 is 0 Å². The number of aromatic nitrogens is 1. The van der Waals surface area contributed by atoms with E-state index in [-0.39, 0.29) is 5.91 Å². The summed E-state index contributed by atoms with van der Waals surface area (Å²) in [4.78, 5) is 24.1. The molecular formula is C24H32N4O. The molecule has 0 N–H and O–H groups in total. The molecule has 5 nitrogen and oxygen atoms in total. The van der Waals surface area contributed by atoms with Gasteiger partial charge in [0.1, 0.15) is 0 Å². The van der Waals surface area contributed by atoms with Gasteiger partial charge in [0.25, 0.3) is 0 Å².